The summed E-state index contributed by atoms with van der Waals surface area (Å²) >= 11 is 0. The Balaban J connectivity index is 1.54. The molecule has 2 aliphatic heterocycles. The molecule has 238 valence electrons. The van der Waals surface area contributed by atoms with Gasteiger partial charge in [0.2, 0.25) is 12.6 Å². The molecule has 2 aromatic carbocycles. The second kappa shape index (κ2) is 14.0. The number of aliphatic hydroxyl groups excluding tert-OH is 8. The SMILES string of the molecule is COc1c(O)ccc(O[C@@H]2O[C@H](CO)[C@@H](O)[C@H](O)[C@H]2O)c1C(=O)OCc1ccccc1O[C@H]1O[C@@H](CO)[C@H](O)[C@@H](O)[C@@H]1O. The Morgan fingerprint density at radius 2 is 1.28 bits per heavy atom. The lowest BCUT2D eigenvalue weighted by Crippen LogP contribution is -2.60. The van der Waals surface area contributed by atoms with Crippen molar-refractivity contribution in [1.29, 1.82) is 0 Å². The monoisotopic (exact) mass is 614 g/mol. The number of carbonyl (C=O) groups excluding carboxylic acids is 1. The molecule has 0 spiro atoms. The smallest absolute Gasteiger partial charge is 0.346 e. The van der Waals surface area contributed by atoms with E-state index in [-0.39, 0.29) is 22.8 Å². The molecule has 2 fully saturated rings. The van der Waals surface area contributed by atoms with Crippen LogP contribution in [-0.2, 0) is 20.8 Å². The fourth-order valence-corrected chi connectivity index (χ4v) is 4.58. The molecule has 0 bridgehead atoms. The van der Waals surface area contributed by atoms with E-state index in [1.165, 1.54) is 12.1 Å². The quantitative estimate of drug-likeness (QED) is 0.122. The van der Waals surface area contributed by atoms with E-state index < -0.39 is 98.5 Å². The minimum Gasteiger partial charge on any atom is -0.504 e. The van der Waals surface area contributed by atoms with Crippen molar-refractivity contribution in [2.45, 2.75) is 68.0 Å². The van der Waals surface area contributed by atoms with E-state index in [2.05, 4.69) is 0 Å². The van der Waals surface area contributed by atoms with E-state index in [1.807, 2.05) is 0 Å². The first-order valence-electron chi connectivity index (χ1n) is 13.1. The minimum atomic E-state index is -1.80. The first-order valence-corrected chi connectivity index (χ1v) is 13.1. The van der Waals surface area contributed by atoms with E-state index in [9.17, 15) is 50.8 Å². The summed E-state index contributed by atoms with van der Waals surface area (Å²) in [6.45, 7) is -1.84. The van der Waals surface area contributed by atoms with Crippen molar-refractivity contribution in [3.63, 3.8) is 0 Å². The van der Waals surface area contributed by atoms with Gasteiger partial charge < -0.3 is 74.4 Å². The summed E-state index contributed by atoms with van der Waals surface area (Å²) in [6, 6.07) is 8.39. The average Bonchev–Trinajstić information content (AvgIpc) is 3.01. The minimum absolute atomic E-state index is 0.0558. The Kier molecular flexibility index (Phi) is 10.6. The van der Waals surface area contributed by atoms with Crippen LogP contribution < -0.4 is 14.2 Å². The second-order valence-electron chi connectivity index (χ2n) is 9.81. The first-order chi connectivity index (χ1) is 20.5. The van der Waals surface area contributed by atoms with Crippen molar-refractivity contribution in [3.8, 4) is 23.0 Å². The molecule has 0 amide bonds. The van der Waals surface area contributed by atoms with Crippen LogP contribution in [0.25, 0.3) is 0 Å². The highest BCUT2D eigenvalue weighted by molar-refractivity contribution is 5.96. The van der Waals surface area contributed by atoms with Gasteiger partial charge in [-0.2, -0.15) is 0 Å². The van der Waals surface area contributed by atoms with Crippen LogP contribution in [0.1, 0.15) is 15.9 Å². The fraction of sp³-hybridized carbons (Fsp3) is 0.519. The molecular formula is C27H34O16. The number of rotatable bonds is 10. The molecule has 0 saturated carbocycles. The van der Waals surface area contributed by atoms with Crippen LogP contribution in [0.4, 0.5) is 0 Å². The van der Waals surface area contributed by atoms with E-state index in [4.69, 9.17) is 28.4 Å². The van der Waals surface area contributed by atoms with Crippen molar-refractivity contribution in [2.75, 3.05) is 20.3 Å². The predicted molar refractivity (Wildman–Crippen MR) is 139 cm³/mol. The fourth-order valence-electron chi connectivity index (χ4n) is 4.58. The first kappa shape index (κ1) is 32.6. The van der Waals surface area contributed by atoms with Crippen LogP contribution in [0.15, 0.2) is 36.4 Å². The number of hydrogen-bond acceptors (Lipinski definition) is 16. The van der Waals surface area contributed by atoms with E-state index >= 15 is 0 Å². The maximum absolute atomic E-state index is 13.3. The number of phenolic OH excluding ortho intramolecular Hbond substituents is 1. The van der Waals surface area contributed by atoms with Crippen LogP contribution in [0.5, 0.6) is 23.0 Å². The number of ether oxygens (including phenoxy) is 6. The molecule has 16 nitrogen and oxygen atoms in total. The molecule has 10 atom stereocenters. The summed E-state index contributed by atoms with van der Waals surface area (Å²) in [7, 11) is 1.16. The maximum atomic E-state index is 13.3. The number of carbonyl (C=O) groups is 1. The molecule has 2 heterocycles. The van der Waals surface area contributed by atoms with Crippen molar-refractivity contribution in [3.05, 3.63) is 47.5 Å². The van der Waals surface area contributed by atoms with Gasteiger partial charge >= 0.3 is 5.97 Å². The number of hydrogen-bond donors (Lipinski definition) is 9. The van der Waals surface area contributed by atoms with E-state index in [1.54, 1.807) is 12.1 Å². The lowest BCUT2D eigenvalue weighted by Gasteiger charge is -2.39. The molecule has 0 unspecified atom stereocenters. The zero-order chi connectivity index (χ0) is 31.4. The topological polar surface area (TPSA) is 255 Å². The van der Waals surface area contributed by atoms with Crippen molar-refractivity contribution >= 4 is 5.97 Å². The summed E-state index contributed by atoms with van der Waals surface area (Å²) < 4.78 is 32.6. The number of methoxy groups -OCH3 is 1. The standard InChI is InChI=1S/C27H34O16/c1-38-24-12(30)6-7-14(41-27-23(36)21(34)19(32)16(9-29)43-27)17(24)25(37)39-10-11-4-2-3-5-13(11)40-26-22(35)20(33)18(31)15(8-28)42-26/h2-7,15-16,18-23,26-36H,8-10H2,1H3/t15-,16+,18-,19+,20+,21-,22-,23+,26-,27+/m0/s1. The summed E-state index contributed by atoms with van der Waals surface area (Å²) in [5, 5.41) is 90.1. The van der Waals surface area contributed by atoms with Crippen LogP contribution >= 0.6 is 0 Å². The Labute approximate surface area is 244 Å². The number of para-hydroxylation sites is 1. The lowest BCUT2D eigenvalue weighted by molar-refractivity contribution is -0.277. The van der Waals surface area contributed by atoms with Gasteiger partial charge in [-0.1, -0.05) is 18.2 Å². The molecule has 4 rings (SSSR count). The Bertz CT molecular complexity index is 1240. The third kappa shape index (κ3) is 6.78. The third-order valence-corrected chi connectivity index (χ3v) is 7.02. The van der Waals surface area contributed by atoms with Gasteiger partial charge in [0.1, 0.15) is 72.5 Å². The van der Waals surface area contributed by atoms with Gasteiger partial charge in [0, 0.05) is 5.56 Å². The third-order valence-electron chi connectivity index (χ3n) is 7.02. The molecule has 2 aliphatic rings. The Morgan fingerprint density at radius 1 is 0.744 bits per heavy atom. The summed E-state index contributed by atoms with van der Waals surface area (Å²) in [5.74, 6) is -2.18. The Morgan fingerprint density at radius 3 is 1.81 bits per heavy atom. The van der Waals surface area contributed by atoms with Crippen LogP contribution in [0.2, 0.25) is 0 Å². The summed E-state index contributed by atoms with van der Waals surface area (Å²) in [5.41, 5.74) is -0.185. The van der Waals surface area contributed by atoms with Crippen LogP contribution in [0, 0.1) is 0 Å². The van der Waals surface area contributed by atoms with Crippen molar-refractivity contribution in [1.82, 2.24) is 0 Å². The predicted octanol–water partition coefficient (Wildman–Crippen LogP) is -2.88. The van der Waals surface area contributed by atoms with Gasteiger partial charge in [0.25, 0.3) is 0 Å². The molecule has 2 aromatic rings. The van der Waals surface area contributed by atoms with Crippen molar-refractivity contribution in [2.24, 2.45) is 0 Å². The maximum Gasteiger partial charge on any atom is 0.346 e. The van der Waals surface area contributed by atoms with Gasteiger partial charge in [-0.25, -0.2) is 4.79 Å². The number of esters is 1. The molecule has 43 heavy (non-hydrogen) atoms. The number of aromatic hydroxyl groups is 1. The molecule has 0 aliphatic carbocycles. The molecular weight excluding hydrogens is 580 g/mol. The van der Waals surface area contributed by atoms with E-state index in [0.717, 1.165) is 19.2 Å². The largest absolute Gasteiger partial charge is 0.504 e. The van der Waals surface area contributed by atoms with Crippen molar-refractivity contribution < 1.29 is 79.2 Å². The van der Waals surface area contributed by atoms with E-state index in [0.29, 0.717) is 0 Å². The number of phenols is 1. The van der Waals surface area contributed by atoms with Gasteiger partial charge in [0.05, 0.1) is 20.3 Å². The highest BCUT2D eigenvalue weighted by atomic mass is 16.7. The number of aliphatic hydroxyl groups is 8. The normalized spacial score (nSPS) is 32.6. The zero-order valence-corrected chi connectivity index (χ0v) is 22.7. The molecule has 16 heteroatoms. The average molecular weight is 615 g/mol. The summed E-state index contributed by atoms with van der Waals surface area (Å²) in [4.78, 5) is 13.3. The molecule has 0 radical (unpaired) electrons. The van der Waals surface area contributed by atoms with Gasteiger partial charge in [-0.05, 0) is 18.2 Å². The molecule has 9 N–H and O–H groups in total. The lowest BCUT2D eigenvalue weighted by atomic mass is 9.99. The molecule has 0 aromatic heterocycles. The summed E-state index contributed by atoms with van der Waals surface area (Å²) in [6.07, 6.45) is -15.8. The van der Waals surface area contributed by atoms with Crippen LogP contribution in [-0.4, -0.2) is 134 Å². The zero-order valence-electron chi connectivity index (χ0n) is 22.7. The van der Waals surface area contributed by atoms with Gasteiger partial charge in [-0.15, -0.1) is 0 Å². The number of benzene rings is 2. The van der Waals surface area contributed by atoms with Gasteiger partial charge in [0.15, 0.2) is 11.5 Å². The highest BCUT2D eigenvalue weighted by Gasteiger charge is 2.46. The van der Waals surface area contributed by atoms with Gasteiger partial charge in [-0.3, -0.25) is 0 Å². The Hall–Kier alpha value is -3.29. The second-order valence-corrected chi connectivity index (χ2v) is 9.81. The highest BCUT2D eigenvalue weighted by Crippen LogP contribution is 2.39. The van der Waals surface area contributed by atoms with Crippen LogP contribution in [0.3, 0.4) is 0 Å². The molecule has 2 saturated heterocycles.